The maximum absolute atomic E-state index is 14.8. The van der Waals surface area contributed by atoms with Crippen molar-refractivity contribution in [1.82, 2.24) is 0 Å². The maximum atomic E-state index is 14.8. The van der Waals surface area contributed by atoms with E-state index in [-0.39, 0.29) is 33.7 Å². The number of carboxylic acid groups (broad SMARTS) is 1. The van der Waals surface area contributed by atoms with Gasteiger partial charge in [0.1, 0.15) is 11.6 Å². The zero-order valence-electron chi connectivity index (χ0n) is 14.6. The van der Waals surface area contributed by atoms with Gasteiger partial charge in [0.15, 0.2) is 0 Å². The van der Waals surface area contributed by atoms with E-state index in [1.54, 1.807) is 12.1 Å². The first-order valence-corrected chi connectivity index (χ1v) is 9.30. The van der Waals surface area contributed by atoms with Gasteiger partial charge in [-0.05, 0) is 60.6 Å². The van der Waals surface area contributed by atoms with Crippen molar-refractivity contribution in [1.29, 1.82) is 0 Å². The monoisotopic (exact) mass is 411 g/mol. The van der Waals surface area contributed by atoms with E-state index in [9.17, 15) is 18.0 Å². The maximum Gasteiger partial charge on any atom is 0.387 e. The fourth-order valence-electron chi connectivity index (χ4n) is 4.49. The number of aromatic carboxylic acids is 1. The predicted octanol–water partition coefficient (Wildman–Crippen LogP) is 5.83. The molecule has 1 heterocycles. The molecule has 148 valence electrons. The number of hydrogen-bond donors (Lipinski definition) is 2. The summed E-state index contributed by atoms with van der Waals surface area (Å²) >= 11 is 6.27. The van der Waals surface area contributed by atoms with Crippen LogP contribution in [0.2, 0.25) is 5.02 Å². The molecule has 2 N–H and O–H groups in total. The second kappa shape index (κ2) is 7.20. The first-order valence-electron chi connectivity index (χ1n) is 8.92. The number of hydrogen-bond acceptors (Lipinski definition) is 3. The summed E-state index contributed by atoms with van der Waals surface area (Å²) in [4.78, 5) is 11.1. The first-order chi connectivity index (χ1) is 13.3. The molecule has 0 amide bonds. The molecule has 2 aliphatic rings. The van der Waals surface area contributed by atoms with Gasteiger partial charge in [-0.3, -0.25) is 0 Å². The number of alkyl halides is 2. The van der Waals surface area contributed by atoms with Crippen LogP contribution in [0.1, 0.15) is 52.7 Å². The minimum atomic E-state index is -2.90. The summed E-state index contributed by atoms with van der Waals surface area (Å²) in [6, 6.07) is 6.49. The summed E-state index contributed by atoms with van der Waals surface area (Å²) in [7, 11) is 0. The molecule has 1 saturated carbocycles. The van der Waals surface area contributed by atoms with Gasteiger partial charge in [0.2, 0.25) is 0 Å². The number of halogens is 4. The van der Waals surface area contributed by atoms with Gasteiger partial charge in [0.25, 0.3) is 0 Å². The van der Waals surface area contributed by atoms with Crippen LogP contribution in [0.5, 0.6) is 5.75 Å². The Morgan fingerprint density at radius 3 is 2.71 bits per heavy atom. The average Bonchev–Trinajstić information content (AvgIpc) is 3.11. The molecule has 28 heavy (non-hydrogen) atoms. The average molecular weight is 412 g/mol. The molecular formula is C20H17ClF3NO3. The van der Waals surface area contributed by atoms with Crippen LogP contribution in [0.4, 0.5) is 18.9 Å². The van der Waals surface area contributed by atoms with E-state index in [2.05, 4.69) is 10.1 Å². The highest BCUT2D eigenvalue weighted by Gasteiger charge is 2.42. The molecule has 1 fully saturated rings. The predicted molar refractivity (Wildman–Crippen MR) is 97.9 cm³/mol. The summed E-state index contributed by atoms with van der Waals surface area (Å²) < 4.78 is 44.4. The summed E-state index contributed by atoms with van der Waals surface area (Å²) in [5.41, 5.74) is 1.62. The van der Waals surface area contributed by atoms with E-state index in [4.69, 9.17) is 16.7 Å². The Morgan fingerprint density at radius 1 is 1.25 bits per heavy atom. The molecule has 2 aromatic carbocycles. The van der Waals surface area contributed by atoms with E-state index in [1.807, 2.05) is 0 Å². The van der Waals surface area contributed by atoms with Crippen LogP contribution in [0.15, 0.2) is 30.3 Å². The van der Waals surface area contributed by atoms with Crippen LogP contribution in [-0.4, -0.2) is 17.7 Å². The molecule has 1 aliphatic heterocycles. The standard InChI is InChI=1S/C20H17ClF3NO3/c21-14-6-9(19(26)27)7-15(22)17(14)18-12-3-1-2-11(12)13-8-10(28-20(23)24)4-5-16(13)25-18/h4-8,11-12,18,20,25H,1-3H2,(H,26,27)/t11-,12+,18-/m1/s1. The van der Waals surface area contributed by atoms with Crippen molar-refractivity contribution in [3.63, 3.8) is 0 Å². The number of ether oxygens (including phenoxy) is 1. The molecule has 0 bridgehead atoms. The number of carbonyl (C=O) groups is 1. The summed E-state index contributed by atoms with van der Waals surface area (Å²) in [6.07, 6.45) is 2.58. The molecule has 8 heteroatoms. The highest BCUT2D eigenvalue weighted by molar-refractivity contribution is 6.31. The number of rotatable bonds is 4. The lowest BCUT2D eigenvalue weighted by Gasteiger charge is -2.38. The Hall–Kier alpha value is -2.41. The Balaban J connectivity index is 1.75. The quantitative estimate of drug-likeness (QED) is 0.664. The topological polar surface area (TPSA) is 58.6 Å². The second-order valence-corrected chi connectivity index (χ2v) is 7.52. The Bertz CT molecular complexity index is 914. The number of anilines is 1. The molecular weight excluding hydrogens is 395 g/mol. The van der Waals surface area contributed by atoms with Gasteiger partial charge in [0.05, 0.1) is 11.6 Å². The molecule has 0 saturated heterocycles. The molecule has 1 aliphatic carbocycles. The highest BCUT2D eigenvalue weighted by atomic mass is 35.5. The van der Waals surface area contributed by atoms with Crippen molar-refractivity contribution >= 4 is 23.3 Å². The number of nitrogens with one attached hydrogen (secondary N) is 1. The molecule has 0 spiro atoms. The SMILES string of the molecule is O=C(O)c1cc(F)c([C@@H]2Nc3ccc(OC(F)F)cc3[C@@H]3CCC[C@@H]32)c(Cl)c1. The molecule has 0 radical (unpaired) electrons. The minimum absolute atomic E-state index is 0.0111. The molecule has 4 rings (SSSR count). The fraction of sp³-hybridized carbons (Fsp3) is 0.350. The second-order valence-electron chi connectivity index (χ2n) is 7.11. The van der Waals surface area contributed by atoms with Crippen LogP contribution in [0.3, 0.4) is 0 Å². The van der Waals surface area contributed by atoms with Gasteiger partial charge in [-0.15, -0.1) is 0 Å². The third kappa shape index (κ3) is 3.28. The fourth-order valence-corrected chi connectivity index (χ4v) is 4.82. The molecule has 3 atom stereocenters. The van der Waals surface area contributed by atoms with Crippen molar-refractivity contribution in [3.05, 3.63) is 57.9 Å². The molecule has 2 aromatic rings. The molecule has 0 unspecified atom stereocenters. The van der Waals surface area contributed by atoms with Gasteiger partial charge >= 0.3 is 12.6 Å². The summed E-state index contributed by atoms with van der Waals surface area (Å²) in [5.74, 6) is -1.77. The van der Waals surface area contributed by atoms with E-state index >= 15 is 0 Å². The van der Waals surface area contributed by atoms with Gasteiger partial charge in [-0.1, -0.05) is 18.0 Å². The van der Waals surface area contributed by atoms with Gasteiger partial charge in [-0.25, -0.2) is 9.18 Å². The zero-order chi connectivity index (χ0) is 20.0. The van der Waals surface area contributed by atoms with Crippen molar-refractivity contribution in [2.75, 3.05) is 5.32 Å². The van der Waals surface area contributed by atoms with Crippen LogP contribution >= 0.6 is 11.6 Å². The van der Waals surface area contributed by atoms with Crippen molar-refractivity contribution in [3.8, 4) is 5.75 Å². The Labute approximate surface area is 164 Å². The number of fused-ring (bicyclic) bond motifs is 3. The molecule has 4 nitrogen and oxygen atoms in total. The third-order valence-corrected chi connectivity index (χ3v) is 5.91. The summed E-state index contributed by atoms with van der Waals surface area (Å²) in [6.45, 7) is -2.90. The minimum Gasteiger partial charge on any atom is -0.478 e. The normalized spacial score (nSPS) is 23.1. The van der Waals surface area contributed by atoms with E-state index < -0.39 is 24.4 Å². The van der Waals surface area contributed by atoms with Crippen molar-refractivity contribution in [2.24, 2.45) is 5.92 Å². The van der Waals surface area contributed by atoms with Gasteiger partial charge < -0.3 is 15.2 Å². The van der Waals surface area contributed by atoms with Crippen molar-refractivity contribution < 1.29 is 27.8 Å². The third-order valence-electron chi connectivity index (χ3n) is 5.59. The van der Waals surface area contributed by atoms with E-state index in [0.717, 1.165) is 30.9 Å². The van der Waals surface area contributed by atoms with Gasteiger partial charge in [0, 0.05) is 16.3 Å². The van der Waals surface area contributed by atoms with Gasteiger partial charge in [-0.2, -0.15) is 8.78 Å². The Kier molecular flexibility index (Phi) is 4.87. The van der Waals surface area contributed by atoms with E-state index in [0.29, 0.717) is 5.69 Å². The van der Waals surface area contributed by atoms with Crippen LogP contribution in [0, 0.1) is 11.7 Å². The summed E-state index contributed by atoms with van der Waals surface area (Å²) in [5, 5.41) is 12.4. The lowest BCUT2D eigenvalue weighted by Crippen LogP contribution is -2.30. The number of benzene rings is 2. The number of carboxylic acids is 1. The van der Waals surface area contributed by atoms with Crippen LogP contribution in [-0.2, 0) is 0 Å². The largest absolute Gasteiger partial charge is 0.478 e. The zero-order valence-corrected chi connectivity index (χ0v) is 15.3. The smallest absolute Gasteiger partial charge is 0.387 e. The Morgan fingerprint density at radius 2 is 2.04 bits per heavy atom. The highest BCUT2D eigenvalue weighted by Crippen LogP contribution is 2.54. The first kappa shape index (κ1) is 18.9. The van der Waals surface area contributed by atoms with Crippen LogP contribution in [0.25, 0.3) is 0 Å². The van der Waals surface area contributed by atoms with Crippen molar-refractivity contribution in [2.45, 2.75) is 37.8 Å². The van der Waals surface area contributed by atoms with E-state index in [1.165, 1.54) is 12.1 Å². The van der Waals surface area contributed by atoms with Crippen LogP contribution < -0.4 is 10.1 Å². The molecule has 0 aromatic heterocycles. The lowest BCUT2D eigenvalue weighted by molar-refractivity contribution is -0.0499. The lowest BCUT2D eigenvalue weighted by atomic mass is 9.77.